The zero-order valence-electron chi connectivity index (χ0n) is 9.08. The lowest BCUT2D eigenvalue weighted by Gasteiger charge is -2.36. The third-order valence-corrected chi connectivity index (χ3v) is 2.96. The Morgan fingerprint density at radius 3 is 2.93 bits per heavy atom. The van der Waals surface area contributed by atoms with Crippen molar-refractivity contribution in [3.8, 4) is 0 Å². The van der Waals surface area contributed by atoms with Crippen LogP contribution in [0.5, 0.6) is 0 Å². The number of ether oxygens (including phenoxy) is 1. The van der Waals surface area contributed by atoms with E-state index in [1.54, 1.807) is 0 Å². The van der Waals surface area contributed by atoms with E-state index < -0.39 is 5.60 Å². The summed E-state index contributed by atoms with van der Waals surface area (Å²) >= 11 is 0. The number of Topliss-reactive ketones (excluding diaryl/α,β-unsaturated/α-hetero) is 1. The summed E-state index contributed by atoms with van der Waals surface area (Å²) < 4.78 is 5.58. The number of hydrogen-bond donors (Lipinski definition) is 2. The Morgan fingerprint density at radius 2 is 2.33 bits per heavy atom. The van der Waals surface area contributed by atoms with Crippen molar-refractivity contribution >= 4 is 5.78 Å². The third-order valence-electron chi connectivity index (χ3n) is 2.96. The zero-order chi connectivity index (χ0) is 10.7. The van der Waals surface area contributed by atoms with Crippen LogP contribution < -0.4 is 16.0 Å². The van der Waals surface area contributed by atoms with Crippen LogP contribution in [0, 0.1) is 0 Å². The molecular weight excluding hydrogens is 194 g/mol. The van der Waals surface area contributed by atoms with Gasteiger partial charge in [0.1, 0.15) is 5.60 Å². The van der Waals surface area contributed by atoms with E-state index in [1.165, 1.54) is 0 Å². The summed E-state index contributed by atoms with van der Waals surface area (Å²) in [5, 5.41) is 10.7. The largest absolute Gasteiger partial charge is 0.365 e. The number of carbonyl (C=O) groups is 1. The molecule has 1 radical (unpaired) electrons. The maximum absolute atomic E-state index is 12.2. The van der Waals surface area contributed by atoms with Crippen molar-refractivity contribution in [3.63, 3.8) is 0 Å². The lowest BCUT2D eigenvalue weighted by atomic mass is 9.93. The van der Waals surface area contributed by atoms with Crippen LogP contribution in [-0.4, -0.2) is 56.8 Å². The molecule has 0 saturated carbocycles. The highest BCUT2D eigenvalue weighted by Gasteiger charge is 2.40. The van der Waals surface area contributed by atoms with Gasteiger partial charge in [-0.2, -0.15) is 0 Å². The highest BCUT2D eigenvalue weighted by Crippen LogP contribution is 2.16. The normalized spacial score (nSPS) is 37.5. The van der Waals surface area contributed by atoms with E-state index in [0.29, 0.717) is 19.7 Å². The second-order valence-corrected chi connectivity index (χ2v) is 4.25. The first-order valence-electron chi connectivity index (χ1n) is 5.49. The SMILES string of the molecule is CC1(C(=O)C2CNCC[N]2)CNCCO1. The summed E-state index contributed by atoms with van der Waals surface area (Å²) in [6, 6.07) is -0.233. The molecular formula is C10H18N3O2. The molecule has 2 fully saturated rings. The van der Waals surface area contributed by atoms with Crippen LogP contribution >= 0.6 is 0 Å². The topological polar surface area (TPSA) is 64.5 Å². The van der Waals surface area contributed by atoms with E-state index in [4.69, 9.17) is 4.74 Å². The fraction of sp³-hybridized carbons (Fsp3) is 0.900. The first-order valence-corrected chi connectivity index (χ1v) is 5.49. The van der Waals surface area contributed by atoms with Crippen molar-refractivity contribution in [3.05, 3.63) is 0 Å². The van der Waals surface area contributed by atoms with Crippen LogP contribution in [0.15, 0.2) is 0 Å². The molecule has 0 aromatic heterocycles. The van der Waals surface area contributed by atoms with Gasteiger partial charge in [-0.1, -0.05) is 0 Å². The number of ketones is 1. The van der Waals surface area contributed by atoms with Crippen LogP contribution in [0.4, 0.5) is 0 Å². The fourth-order valence-corrected chi connectivity index (χ4v) is 2.02. The van der Waals surface area contributed by atoms with Gasteiger partial charge in [0.2, 0.25) is 0 Å². The number of hydrogen-bond acceptors (Lipinski definition) is 4. The van der Waals surface area contributed by atoms with Crippen LogP contribution in [0.3, 0.4) is 0 Å². The monoisotopic (exact) mass is 212 g/mol. The minimum absolute atomic E-state index is 0.0990. The number of carbonyl (C=O) groups excluding carboxylic acids is 1. The Bertz CT molecular complexity index is 233. The van der Waals surface area contributed by atoms with Crippen LogP contribution in [0.2, 0.25) is 0 Å². The van der Waals surface area contributed by atoms with Crippen LogP contribution in [0.1, 0.15) is 6.92 Å². The number of piperazine rings is 1. The summed E-state index contributed by atoms with van der Waals surface area (Å²) in [4.78, 5) is 12.2. The predicted octanol–water partition coefficient (Wildman–Crippen LogP) is -1.49. The van der Waals surface area contributed by atoms with Gasteiger partial charge in [-0.3, -0.25) is 4.79 Å². The van der Waals surface area contributed by atoms with Gasteiger partial charge in [0, 0.05) is 32.7 Å². The Balaban J connectivity index is 1.98. The Morgan fingerprint density at radius 1 is 1.47 bits per heavy atom. The van der Waals surface area contributed by atoms with Gasteiger partial charge >= 0.3 is 0 Å². The fourth-order valence-electron chi connectivity index (χ4n) is 2.02. The molecule has 85 valence electrons. The van der Waals surface area contributed by atoms with Crippen molar-refractivity contribution in [2.45, 2.75) is 18.6 Å². The maximum Gasteiger partial charge on any atom is 0.185 e. The van der Waals surface area contributed by atoms with E-state index in [9.17, 15) is 4.79 Å². The molecule has 0 aromatic carbocycles. The molecule has 5 nitrogen and oxygen atoms in total. The van der Waals surface area contributed by atoms with Crippen LogP contribution in [0.25, 0.3) is 0 Å². The predicted molar refractivity (Wildman–Crippen MR) is 55.9 cm³/mol. The van der Waals surface area contributed by atoms with E-state index >= 15 is 0 Å². The first-order chi connectivity index (χ1) is 7.22. The number of nitrogens with one attached hydrogen (secondary N) is 2. The molecule has 0 spiro atoms. The first kappa shape index (κ1) is 11.0. The summed E-state index contributed by atoms with van der Waals surface area (Å²) in [7, 11) is 0. The van der Waals surface area contributed by atoms with Crippen molar-refractivity contribution in [2.75, 3.05) is 39.3 Å². The molecule has 5 heteroatoms. The minimum atomic E-state index is -0.689. The number of nitrogens with zero attached hydrogens (tertiary/aromatic N) is 1. The Labute approximate surface area is 89.9 Å². The Kier molecular flexibility index (Phi) is 3.35. The highest BCUT2D eigenvalue weighted by molar-refractivity contribution is 5.92. The van der Waals surface area contributed by atoms with E-state index in [1.807, 2.05) is 6.92 Å². The molecule has 2 saturated heterocycles. The number of morpholine rings is 1. The highest BCUT2D eigenvalue weighted by atomic mass is 16.5. The van der Waals surface area contributed by atoms with Crippen molar-refractivity contribution in [1.29, 1.82) is 0 Å². The summed E-state index contributed by atoms with van der Waals surface area (Å²) in [5.41, 5.74) is -0.689. The molecule has 2 N–H and O–H groups in total. The molecule has 2 heterocycles. The Hall–Kier alpha value is -0.490. The molecule has 0 aromatic rings. The van der Waals surface area contributed by atoms with Gasteiger partial charge in [0.25, 0.3) is 0 Å². The lowest BCUT2D eigenvalue weighted by Crippen LogP contribution is -2.61. The summed E-state index contributed by atoms with van der Waals surface area (Å²) in [6.07, 6.45) is 0. The van der Waals surface area contributed by atoms with Crippen molar-refractivity contribution in [2.24, 2.45) is 0 Å². The average Bonchev–Trinajstić information content (AvgIpc) is 2.30. The maximum atomic E-state index is 12.2. The van der Waals surface area contributed by atoms with E-state index in [2.05, 4.69) is 16.0 Å². The molecule has 0 amide bonds. The van der Waals surface area contributed by atoms with Crippen LogP contribution in [-0.2, 0) is 9.53 Å². The van der Waals surface area contributed by atoms with Crippen molar-refractivity contribution in [1.82, 2.24) is 16.0 Å². The molecule has 2 unspecified atom stereocenters. The van der Waals surface area contributed by atoms with Gasteiger partial charge < -0.3 is 15.4 Å². The standard InChI is InChI=1S/C10H18N3O2/c1-10(7-12-4-5-15-10)9(14)8-6-11-2-3-13-8/h8,11-12H,2-7H2,1H3. The molecule has 2 aliphatic rings. The molecule has 2 rings (SSSR count). The zero-order valence-corrected chi connectivity index (χ0v) is 9.08. The second-order valence-electron chi connectivity index (χ2n) is 4.25. The van der Waals surface area contributed by atoms with E-state index in [-0.39, 0.29) is 11.8 Å². The molecule has 0 aliphatic carbocycles. The smallest absolute Gasteiger partial charge is 0.185 e. The summed E-state index contributed by atoms with van der Waals surface area (Å²) in [5.74, 6) is 0.0990. The van der Waals surface area contributed by atoms with Gasteiger partial charge in [0.15, 0.2) is 5.78 Å². The third kappa shape index (κ3) is 2.36. The second kappa shape index (κ2) is 4.57. The van der Waals surface area contributed by atoms with Crippen molar-refractivity contribution < 1.29 is 9.53 Å². The van der Waals surface area contributed by atoms with Gasteiger partial charge in [0.05, 0.1) is 12.6 Å². The summed E-state index contributed by atoms with van der Waals surface area (Å²) in [6.45, 7) is 6.12. The van der Waals surface area contributed by atoms with E-state index in [0.717, 1.165) is 19.6 Å². The lowest BCUT2D eigenvalue weighted by molar-refractivity contribution is -0.148. The molecule has 0 bridgehead atoms. The molecule has 2 atom stereocenters. The van der Waals surface area contributed by atoms with Gasteiger partial charge in [-0.15, -0.1) is 0 Å². The average molecular weight is 212 g/mol. The quantitative estimate of drug-likeness (QED) is 0.585. The minimum Gasteiger partial charge on any atom is -0.365 e. The van der Waals surface area contributed by atoms with Gasteiger partial charge in [-0.05, 0) is 6.92 Å². The molecule has 2 aliphatic heterocycles. The number of rotatable bonds is 2. The molecule has 15 heavy (non-hydrogen) atoms. The van der Waals surface area contributed by atoms with Gasteiger partial charge in [-0.25, -0.2) is 5.32 Å².